The van der Waals surface area contributed by atoms with Crippen LogP contribution in [-0.2, 0) is 11.2 Å². The highest BCUT2D eigenvalue weighted by Crippen LogP contribution is 2.35. The Labute approximate surface area is 89.1 Å². The number of piperazine rings is 1. The highest BCUT2D eigenvalue weighted by atomic mass is 16.2. The van der Waals surface area contributed by atoms with Gasteiger partial charge in [-0.15, -0.1) is 0 Å². The number of nitrogens with one attached hydrogen (secondary N) is 1. The van der Waals surface area contributed by atoms with Gasteiger partial charge in [-0.05, 0) is 18.1 Å². The van der Waals surface area contributed by atoms with Gasteiger partial charge in [0.1, 0.15) is 6.04 Å². The van der Waals surface area contributed by atoms with Gasteiger partial charge in [-0.25, -0.2) is 0 Å². The summed E-state index contributed by atoms with van der Waals surface area (Å²) in [6, 6.07) is 6.36. The van der Waals surface area contributed by atoms with E-state index in [0.29, 0.717) is 0 Å². The van der Waals surface area contributed by atoms with Crippen LogP contribution in [-0.4, -0.2) is 25.0 Å². The predicted molar refractivity (Wildman–Crippen MR) is 59.0 cm³/mol. The number of carbonyl (C=O) groups is 1. The van der Waals surface area contributed by atoms with Crippen molar-refractivity contribution in [2.24, 2.45) is 0 Å². The van der Waals surface area contributed by atoms with Crippen LogP contribution in [0.4, 0.5) is 5.69 Å². The molecule has 1 aromatic rings. The van der Waals surface area contributed by atoms with E-state index < -0.39 is 0 Å². The van der Waals surface area contributed by atoms with E-state index in [0.717, 1.165) is 19.5 Å². The van der Waals surface area contributed by atoms with Crippen molar-refractivity contribution >= 4 is 11.6 Å². The summed E-state index contributed by atoms with van der Waals surface area (Å²) in [5, 5.41) is 2.93. The van der Waals surface area contributed by atoms with Crippen LogP contribution in [0.15, 0.2) is 18.2 Å². The first-order valence-electron chi connectivity index (χ1n) is 5.40. The monoisotopic (exact) mass is 202 g/mol. The largest absolute Gasteiger partial charge is 0.357 e. The van der Waals surface area contributed by atoms with Gasteiger partial charge in [-0.3, -0.25) is 4.79 Å². The highest BCUT2D eigenvalue weighted by molar-refractivity contribution is 5.90. The molecular weight excluding hydrogens is 188 g/mol. The molecule has 0 bridgehead atoms. The number of benzene rings is 1. The molecule has 0 radical (unpaired) electrons. The molecule has 3 nitrogen and oxygen atoms in total. The van der Waals surface area contributed by atoms with E-state index in [1.807, 2.05) is 0 Å². The second kappa shape index (κ2) is 2.99. The second-order valence-corrected chi connectivity index (χ2v) is 4.29. The summed E-state index contributed by atoms with van der Waals surface area (Å²) in [5.74, 6) is 0.178. The van der Waals surface area contributed by atoms with Crippen LogP contribution in [0.25, 0.3) is 0 Å². The average molecular weight is 202 g/mol. The number of hydrogen-bond acceptors (Lipinski definition) is 2. The van der Waals surface area contributed by atoms with Gasteiger partial charge < -0.3 is 10.2 Å². The summed E-state index contributed by atoms with van der Waals surface area (Å²) in [4.78, 5) is 14.0. The molecule has 2 aliphatic heterocycles. The molecule has 1 unspecified atom stereocenters. The molecule has 1 amide bonds. The van der Waals surface area contributed by atoms with Crippen LogP contribution in [0.1, 0.15) is 11.1 Å². The van der Waals surface area contributed by atoms with E-state index in [-0.39, 0.29) is 11.9 Å². The average Bonchev–Trinajstić information content (AvgIpc) is 2.59. The fourth-order valence-corrected chi connectivity index (χ4v) is 2.69. The number of nitrogens with zero attached hydrogens (tertiary/aromatic N) is 1. The van der Waals surface area contributed by atoms with E-state index in [4.69, 9.17) is 0 Å². The van der Waals surface area contributed by atoms with Crippen molar-refractivity contribution in [3.8, 4) is 0 Å². The normalized spacial score (nSPS) is 23.4. The minimum absolute atomic E-state index is 0.0369. The lowest BCUT2D eigenvalue weighted by atomic mass is 10.1. The lowest BCUT2D eigenvalue weighted by molar-refractivity contribution is -0.123. The van der Waals surface area contributed by atoms with Gasteiger partial charge in [0.2, 0.25) is 5.91 Å². The van der Waals surface area contributed by atoms with Gasteiger partial charge in [0.25, 0.3) is 0 Å². The molecule has 1 saturated heterocycles. The Bertz CT molecular complexity index is 428. The molecule has 15 heavy (non-hydrogen) atoms. The molecule has 1 aromatic carbocycles. The molecule has 0 spiro atoms. The van der Waals surface area contributed by atoms with Crippen LogP contribution >= 0.6 is 0 Å². The Hall–Kier alpha value is -1.51. The summed E-state index contributed by atoms with van der Waals surface area (Å²) >= 11 is 0. The predicted octanol–water partition coefficient (Wildman–Crippen LogP) is 0.856. The number of anilines is 1. The summed E-state index contributed by atoms with van der Waals surface area (Å²) in [5.41, 5.74) is 3.89. The second-order valence-electron chi connectivity index (χ2n) is 4.29. The molecule has 2 aliphatic rings. The van der Waals surface area contributed by atoms with Crippen molar-refractivity contribution in [3.05, 3.63) is 29.3 Å². The Morgan fingerprint density at radius 1 is 1.47 bits per heavy atom. The molecule has 3 heteroatoms. The zero-order valence-corrected chi connectivity index (χ0v) is 8.79. The molecule has 1 fully saturated rings. The fourth-order valence-electron chi connectivity index (χ4n) is 2.69. The molecular formula is C12H14N2O. The third-order valence-corrected chi connectivity index (χ3v) is 3.35. The summed E-state index contributed by atoms with van der Waals surface area (Å²) in [6.07, 6.45) is 0.864. The Morgan fingerprint density at radius 3 is 3.20 bits per heavy atom. The molecule has 0 saturated carbocycles. The van der Waals surface area contributed by atoms with Crippen molar-refractivity contribution in [3.63, 3.8) is 0 Å². The smallest absolute Gasteiger partial charge is 0.243 e. The van der Waals surface area contributed by atoms with E-state index >= 15 is 0 Å². The van der Waals surface area contributed by atoms with E-state index in [1.165, 1.54) is 16.8 Å². The van der Waals surface area contributed by atoms with Gasteiger partial charge in [0, 0.05) is 25.2 Å². The number of para-hydroxylation sites is 1. The maximum atomic E-state index is 11.7. The summed E-state index contributed by atoms with van der Waals surface area (Å²) < 4.78 is 0. The van der Waals surface area contributed by atoms with Gasteiger partial charge >= 0.3 is 0 Å². The van der Waals surface area contributed by atoms with Crippen LogP contribution in [0.2, 0.25) is 0 Å². The Morgan fingerprint density at radius 2 is 2.33 bits per heavy atom. The maximum absolute atomic E-state index is 11.7. The molecule has 0 aromatic heterocycles. The molecule has 0 aliphatic carbocycles. The topological polar surface area (TPSA) is 32.3 Å². The number of amides is 1. The van der Waals surface area contributed by atoms with Crippen molar-refractivity contribution in [1.29, 1.82) is 0 Å². The number of fused-ring (bicyclic) bond motifs is 3. The van der Waals surface area contributed by atoms with Gasteiger partial charge in [0.05, 0.1) is 0 Å². The third-order valence-electron chi connectivity index (χ3n) is 3.35. The number of hydrogen-bond donors (Lipinski definition) is 1. The van der Waals surface area contributed by atoms with E-state index in [9.17, 15) is 4.79 Å². The summed E-state index contributed by atoms with van der Waals surface area (Å²) in [6.45, 7) is 3.82. The fraction of sp³-hybridized carbons (Fsp3) is 0.417. The quantitative estimate of drug-likeness (QED) is 0.676. The summed E-state index contributed by atoms with van der Waals surface area (Å²) in [7, 11) is 0. The minimum atomic E-state index is 0.0369. The molecule has 2 heterocycles. The van der Waals surface area contributed by atoms with Gasteiger partial charge in [-0.2, -0.15) is 0 Å². The van der Waals surface area contributed by atoms with Crippen molar-refractivity contribution in [1.82, 2.24) is 5.32 Å². The van der Waals surface area contributed by atoms with Crippen molar-refractivity contribution in [2.45, 2.75) is 19.4 Å². The van der Waals surface area contributed by atoms with Gasteiger partial charge in [-0.1, -0.05) is 18.2 Å². The molecule has 78 valence electrons. The third kappa shape index (κ3) is 1.16. The maximum Gasteiger partial charge on any atom is 0.243 e. The first kappa shape index (κ1) is 8.77. The first-order chi connectivity index (χ1) is 7.27. The number of carbonyl (C=O) groups excluding carboxylic acids is 1. The standard InChI is InChI=1S/C12H14N2O/c1-8-3-2-4-9-7-10-12(15)13-5-6-14(10)11(8)9/h2-4,10H,5-7H2,1H3,(H,13,15). The first-order valence-corrected chi connectivity index (χ1v) is 5.40. The molecule has 1 N–H and O–H groups in total. The van der Waals surface area contributed by atoms with E-state index in [1.54, 1.807) is 0 Å². The highest BCUT2D eigenvalue weighted by Gasteiger charge is 2.37. The number of rotatable bonds is 0. The van der Waals surface area contributed by atoms with Crippen LogP contribution in [0, 0.1) is 6.92 Å². The minimum Gasteiger partial charge on any atom is -0.357 e. The van der Waals surface area contributed by atoms with E-state index in [2.05, 4.69) is 35.3 Å². The van der Waals surface area contributed by atoms with Crippen LogP contribution in [0.5, 0.6) is 0 Å². The lowest BCUT2D eigenvalue weighted by Gasteiger charge is -2.32. The lowest BCUT2D eigenvalue weighted by Crippen LogP contribution is -2.53. The van der Waals surface area contributed by atoms with Crippen molar-refractivity contribution in [2.75, 3.05) is 18.0 Å². The number of aryl methyl sites for hydroxylation is 1. The van der Waals surface area contributed by atoms with Crippen molar-refractivity contribution < 1.29 is 4.79 Å². The zero-order valence-electron chi connectivity index (χ0n) is 8.79. The van der Waals surface area contributed by atoms with Crippen LogP contribution in [0.3, 0.4) is 0 Å². The molecule has 1 atom stereocenters. The Kier molecular flexibility index (Phi) is 1.75. The SMILES string of the molecule is Cc1cccc2c1N1CCNC(=O)C1C2. The molecule has 3 rings (SSSR count). The zero-order chi connectivity index (χ0) is 10.4. The van der Waals surface area contributed by atoms with Gasteiger partial charge in [0.15, 0.2) is 0 Å². The van der Waals surface area contributed by atoms with Crippen LogP contribution < -0.4 is 10.2 Å². The Balaban J connectivity index is 2.09.